The van der Waals surface area contributed by atoms with Crippen LogP contribution in [0.5, 0.6) is 11.5 Å². The fourth-order valence-corrected chi connectivity index (χ4v) is 3.00. The molecule has 4 nitrogen and oxygen atoms in total. The summed E-state index contributed by atoms with van der Waals surface area (Å²) in [6.45, 7) is 2.16. The fraction of sp³-hybridized carbons (Fsp3) is 0.625. The number of benzene rings is 1. The first-order valence-electron chi connectivity index (χ1n) is 7.37. The first-order chi connectivity index (χ1) is 9.63. The first kappa shape index (κ1) is 15.1. The van der Waals surface area contributed by atoms with E-state index in [2.05, 4.69) is 12.2 Å². The van der Waals surface area contributed by atoms with Crippen LogP contribution in [0.1, 0.15) is 44.2 Å². The van der Waals surface area contributed by atoms with Crippen molar-refractivity contribution in [1.29, 1.82) is 0 Å². The van der Waals surface area contributed by atoms with Gasteiger partial charge in [0.2, 0.25) is 0 Å². The molecule has 0 saturated heterocycles. The zero-order valence-corrected chi connectivity index (χ0v) is 12.7. The largest absolute Gasteiger partial charge is 0.497 e. The predicted molar refractivity (Wildman–Crippen MR) is 81.3 cm³/mol. The Morgan fingerprint density at radius 2 is 2.05 bits per heavy atom. The summed E-state index contributed by atoms with van der Waals surface area (Å²) in [4.78, 5) is 0. The molecule has 3 N–H and O–H groups in total. The van der Waals surface area contributed by atoms with Gasteiger partial charge < -0.3 is 20.5 Å². The van der Waals surface area contributed by atoms with E-state index in [9.17, 15) is 0 Å². The number of ether oxygens (including phenoxy) is 2. The predicted octanol–water partition coefficient (Wildman–Crippen LogP) is 2.62. The van der Waals surface area contributed by atoms with Crippen molar-refractivity contribution >= 4 is 0 Å². The molecular formula is C16H26N2O2. The summed E-state index contributed by atoms with van der Waals surface area (Å²) >= 11 is 0. The molecule has 1 saturated carbocycles. The van der Waals surface area contributed by atoms with Crippen LogP contribution < -0.4 is 20.5 Å². The third-order valence-corrected chi connectivity index (χ3v) is 4.10. The van der Waals surface area contributed by atoms with Crippen molar-refractivity contribution in [3.05, 3.63) is 23.8 Å². The van der Waals surface area contributed by atoms with Crippen molar-refractivity contribution in [2.75, 3.05) is 14.2 Å². The molecule has 1 aliphatic carbocycles. The normalized spacial score (nSPS) is 24.2. The van der Waals surface area contributed by atoms with Crippen molar-refractivity contribution in [1.82, 2.24) is 5.32 Å². The van der Waals surface area contributed by atoms with E-state index < -0.39 is 0 Å². The third kappa shape index (κ3) is 3.64. The van der Waals surface area contributed by atoms with Crippen molar-refractivity contribution in [3.8, 4) is 11.5 Å². The monoisotopic (exact) mass is 278 g/mol. The molecule has 0 amide bonds. The van der Waals surface area contributed by atoms with Gasteiger partial charge in [-0.25, -0.2) is 0 Å². The van der Waals surface area contributed by atoms with Gasteiger partial charge in [-0.1, -0.05) is 6.42 Å². The van der Waals surface area contributed by atoms with Crippen LogP contribution in [-0.2, 0) is 0 Å². The van der Waals surface area contributed by atoms with E-state index in [0.29, 0.717) is 12.1 Å². The molecule has 112 valence electrons. The lowest BCUT2D eigenvalue weighted by Gasteiger charge is -2.30. The first-order valence-corrected chi connectivity index (χ1v) is 7.37. The molecule has 3 unspecified atom stereocenters. The lowest BCUT2D eigenvalue weighted by atomic mass is 9.90. The molecule has 1 aromatic rings. The molecule has 0 radical (unpaired) electrons. The Morgan fingerprint density at radius 1 is 1.25 bits per heavy atom. The highest BCUT2D eigenvalue weighted by Gasteiger charge is 2.22. The summed E-state index contributed by atoms with van der Waals surface area (Å²) in [7, 11) is 3.39. The highest BCUT2D eigenvalue weighted by atomic mass is 16.5. The Hall–Kier alpha value is -1.26. The molecule has 0 spiro atoms. The molecule has 20 heavy (non-hydrogen) atoms. The van der Waals surface area contributed by atoms with Crippen LogP contribution in [0.15, 0.2) is 18.2 Å². The average molecular weight is 278 g/mol. The molecule has 0 bridgehead atoms. The van der Waals surface area contributed by atoms with Gasteiger partial charge >= 0.3 is 0 Å². The minimum absolute atomic E-state index is 0.218. The zero-order valence-electron chi connectivity index (χ0n) is 12.7. The van der Waals surface area contributed by atoms with Gasteiger partial charge in [0.15, 0.2) is 0 Å². The van der Waals surface area contributed by atoms with Crippen molar-refractivity contribution < 1.29 is 9.47 Å². The highest BCUT2D eigenvalue weighted by Crippen LogP contribution is 2.30. The standard InChI is InChI=1S/C16H26N2O2/c1-11(18-13-6-4-5-12(17)9-13)15-10-14(19-2)7-8-16(15)20-3/h7-8,10-13,18H,4-6,9,17H2,1-3H3. The van der Waals surface area contributed by atoms with E-state index in [1.165, 1.54) is 12.8 Å². The van der Waals surface area contributed by atoms with Crippen LogP contribution in [0.25, 0.3) is 0 Å². The Morgan fingerprint density at radius 3 is 2.70 bits per heavy atom. The quantitative estimate of drug-likeness (QED) is 0.869. The molecular weight excluding hydrogens is 252 g/mol. The summed E-state index contributed by atoms with van der Waals surface area (Å²) in [5.74, 6) is 1.75. The van der Waals surface area contributed by atoms with Crippen LogP contribution in [-0.4, -0.2) is 26.3 Å². The van der Waals surface area contributed by atoms with Gasteiger partial charge in [-0.2, -0.15) is 0 Å². The van der Waals surface area contributed by atoms with E-state index >= 15 is 0 Å². The van der Waals surface area contributed by atoms with Crippen LogP contribution in [0.4, 0.5) is 0 Å². The summed E-state index contributed by atoms with van der Waals surface area (Å²) in [6.07, 6.45) is 4.61. The van der Waals surface area contributed by atoms with E-state index in [1.807, 2.05) is 18.2 Å². The SMILES string of the molecule is COc1ccc(OC)c(C(C)NC2CCCC(N)C2)c1. The number of methoxy groups -OCH3 is 2. The Balaban J connectivity index is 2.09. The minimum atomic E-state index is 0.218. The number of hydrogen-bond donors (Lipinski definition) is 2. The minimum Gasteiger partial charge on any atom is -0.497 e. The second kappa shape index (κ2) is 6.95. The molecule has 2 rings (SSSR count). The molecule has 0 aliphatic heterocycles. The van der Waals surface area contributed by atoms with Gasteiger partial charge in [-0.15, -0.1) is 0 Å². The van der Waals surface area contributed by atoms with Crippen LogP contribution in [0, 0.1) is 0 Å². The molecule has 1 fully saturated rings. The maximum atomic E-state index is 6.06. The zero-order chi connectivity index (χ0) is 14.5. The van der Waals surface area contributed by atoms with E-state index in [4.69, 9.17) is 15.2 Å². The molecule has 4 heteroatoms. The Bertz CT molecular complexity index is 436. The summed E-state index contributed by atoms with van der Waals surface area (Å²) in [5.41, 5.74) is 7.19. The van der Waals surface area contributed by atoms with E-state index in [-0.39, 0.29) is 6.04 Å². The molecule has 3 atom stereocenters. The average Bonchev–Trinajstić information content (AvgIpc) is 2.46. The Kier molecular flexibility index (Phi) is 5.26. The number of nitrogens with two attached hydrogens (primary N) is 1. The maximum Gasteiger partial charge on any atom is 0.123 e. The summed E-state index contributed by atoms with van der Waals surface area (Å²) in [6, 6.07) is 6.96. The van der Waals surface area contributed by atoms with Crippen molar-refractivity contribution in [3.63, 3.8) is 0 Å². The van der Waals surface area contributed by atoms with Gasteiger partial charge in [-0.3, -0.25) is 0 Å². The van der Waals surface area contributed by atoms with Gasteiger partial charge in [0.25, 0.3) is 0 Å². The lowest BCUT2D eigenvalue weighted by Crippen LogP contribution is -2.40. The topological polar surface area (TPSA) is 56.5 Å². The molecule has 1 aliphatic rings. The van der Waals surface area contributed by atoms with Crippen LogP contribution in [0.2, 0.25) is 0 Å². The fourth-order valence-electron chi connectivity index (χ4n) is 3.00. The maximum absolute atomic E-state index is 6.06. The summed E-state index contributed by atoms with van der Waals surface area (Å²) < 4.78 is 10.8. The Labute approximate surface area is 121 Å². The van der Waals surface area contributed by atoms with Crippen molar-refractivity contribution in [2.45, 2.75) is 50.7 Å². The van der Waals surface area contributed by atoms with E-state index in [1.54, 1.807) is 14.2 Å². The van der Waals surface area contributed by atoms with Crippen LogP contribution in [0.3, 0.4) is 0 Å². The third-order valence-electron chi connectivity index (χ3n) is 4.10. The molecule has 0 aromatic heterocycles. The second-order valence-electron chi connectivity index (χ2n) is 5.62. The lowest BCUT2D eigenvalue weighted by molar-refractivity contribution is 0.314. The van der Waals surface area contributed by atoms with Gasteiger partial charge in [-0.05, 0) is 44.4 Å². The second-order valence-corrected chi connectivity index (χ2v) is 5.62. The number of nitrogens with one attached hydrogen (secondary N) is 1. The van der Waals surface area contributed by atoms with Gasteiger partial charge in [0.1, 0.15) is 11.5 Å². The number of rotatable bonds is 5. The van der Waals surface area contributed by atoms with Crippen LogP contribution >= 0.6 is 0 Å². The summed E-state index contributed by atoms with van der Waals surface area (Å²) in [5, 5.41) is 3.68. The smallest absolute Gasteiger partial charge is 0.123 e. The molecule has 1 aromatic carbocycles. The van der Waals surface area contributed by atoms with Gasteiger partial charge in [0.05, 0.1) is 14.2 Å². The highest BCUT2D eigenvalue weighted by molar-refractivity contribution is 5.42. The number of hydrogen-bond acceptors (Lipinski definition) is 4. The van der Waals surface area contributed by atoms with E-state index in [0.717, 1.165) is 29.9 Å². The van der Waals surface area contributed by atoms with Crippen molar-refractivity contribution in [2.24, 2.45) is 5.73 Å². The molecule has 0 heterocycles. The van der Waals surface area contributed by atoms with Gasteiger partial charge in [0, 0.05) is 23.7 Å².